The monoisotopic (exact) mass is 424 g/mol. The van der Waals surface area contributed by atoms with E-state index in [-0.39, 0.29) is 11.9 Å². The first-order valence-electron chi connectivity index (χ1n) is 10.1. The van der Waals surface area contributed by atoms with Gasteiger partial charge in [-0.3, -0.25) is 0 Å². The molecule has 2 amide bonds. The summed E-state index contributed by atoms with van der Waals surface area (Å²) in [6.07, 6.45) is 0. The number of hydrogen-bond acceptors (Lipinski definition) is 5. The number of urea groups is 1. The van der Waals surface area contributed by atoms with E-state index in [4.69, 9.17) is 14.2 Å². The average Bonchev–Trinajstić information content (AvgIpc) is 2.77. The summed E-state index contributed by atoms with van der Waals surface area (Å²) in [5, 5.41) is 5.56. The lowest BCUT2D eigenvalue weighted by Crippen LogP contribution is -2.47. The third kappa shape index (κ3) is 4.99. The number of benzene rings is 2. The lowest BCUT2D eigenvalue weighted by molar-refractivity contribution is -0.136. The van der Waals surface area contributed by atoms with Crippen molar-refractivity contribution in [2.45, 2.75) is 33.4 Å². The van der Waals surface area contributed by atoms with Gasteiger partial charge in [0.1, 0.15) is 6.61 Å². The van der Waals surface area contributed by atoms with E-state index in [9.17, 15) is 9.59 Å². The summed E-state index contributed by atoms with van der Waals surface area (Å²) < 4.78 is 16.5. The molecule has 7 heteroatoms. The van der Waals surface area contributed by atoms with Crippen LogP contribution in [-0.2, 0) is 16.1 Å². The smallest absolute Gasteiger partial charge is 0.337 e. The van der Waals surface area contributed by atoms with Crippen LogP contribution in [0.15, 0.2) is 53.7 Å². The van der Waals surface area contributed by atoms with Crippen LogP contribution < -0.4 is 20.1 Å². The normalized spacial score (nSPS) is 15.9. The third-order valence-corrected chi connectivity index (χ3v) is 5.12. The molecule has 7 nitrogen and oxygen atoms in total. The number of rotatable bonds is 7. The molecule has 3 rings (SSSR count). The fourth-order valence-electron chi connectivity index (χ4n) is 3.46. The van der Waals surface area contributed by atoms with Crippen molar-refractivity contribution in [2.24, 2.45) is 5.92 Å². The number of nitrogens with one attached hydrogen (secondary N) is 2. The van der Waals surface area contributed by atoms with Gasteiger partial charge in [0.2, 0.25) is 0 Å². The van der Waals surface area contributed by atoms with E-state index >= 15 is 0 Å². The lowest BCUT2D eigenvalue weighted by atomic mass is 9.91. The van der Waals surface area contributed by atoms with Gasteiger partial charge >= 0.3 is 12.0 Å². The van der Waals surface area contributed by atoms with E-state index in [0.29, 0.717) is 34.9 Å². The summed E-state index contributed by atoms with van der Waals surface area (Å²) in [7, 11) is 2.89. The molecule has 31 heavy (non-hydrogen) atoms. The topological polar surface area (TPSA) is 85.9 Å². The molecule has 1 aliphatic heterocycles. The summed E-state index contributed by atoms with van der Waals surface area (Å²) >= 11 is 0. The molecule has 0 saturated heterocycles. The average molecular weight is 424 g/mol. The van der Waals surface area contributed by atoms with Crippen LogP contribution in [0, 0.1) is 12.8 Å². The Morgan fingerprint density at radius 1 is 1.06 bits per heavy atom. The highest BCUT2D eigenvalue weighted by atomic mass is 16.5. The van der Waals surface area contributed by atoms with E-state index in [2.05, 4.69) is 10.6 Å². The molecule has 1 atom stereocenters. The molecule has 1 heterocycles. The van der Waals surface area contributed by atoms with Crippen molar-refractivity contribution in [3.8, 4) is 11.5 Å². The maximum absolute atomic E-state index is 12.6. The van der Waals surface area contributed by atoms with Crippen molar-refractivity contribution >= 4 is 12.0 Å². The Bertz CT molecular complexity index is 996. The van der Waals surface area contributed by atoms with Crippen LogP contribution >= 0.6 is 0 Å². The highest BCUT2D eigenvalue weighted by Gasteiger charge is 2.34. The van der Waals surface area contributed by atoms with Crippen LogP contribution in [0.4, 0.5) is 4.79 Å². The molecule has 0 aliphatic carbocycles. The van der Waals surface area contributed by atoms with E-state index in [1.54, 1.807) is 25.3 Å². The first-order valence-corrected chi connectivity index (χ1v) is 10.1. The number of ether oxygens (including phenoxy) is 3. The number of amides is 2. The summed E-state index contributed by atoms with van der Waals surface area (Å²) in [5.74, 6) is 0.504. The number of hydrogen-bond donors (Lipinski definition) is 2. The molecular weight excluding hydrogens is 396 g/mol. The van der Waals surface area contributed by atoms with Gasteiger partial charge in [0.15, 0.2) is 11.5 Å². The zero-order valence-corrected chi connectivity index (χ0v) is 18.4. The summed E-state index contributed by atoms with van der Waals surface area (Å²) in [6, 6.07) is 12.4. The van der Waals surface area contributed by atoms with Crippen molar-refractivity contribution < 1.29 is 23.8 Å². The van der Waals surface area contributed by atoms with E-state index < -0.39 is 12.0 Å². The van der Waals surface area contributed by atoms with Gasteiger partial charge in [-0.15, -0.1) is 0 Å². The first kappa shape index (κ1) is 22.2. The molecule has 0 bridgehead atoms. The summed E-state index contributed by atoms with van der Waals surface area (Å²) in [5.41, 5.74) is 3.79. The molecule has 0 aromatic heterocycles. The van der Waals surface area contributed by atoms with Gasteiger partial charge in [0.05, 0.1) is 25.8 Å². The van der Waals surface area contributed by atoms with Crippen LogP contribution in [0.1, 0.15) is 36.6 Å². The van der Waals surface area contributed by atoms with Gasteiger partial charge in [-0.05, 0) is 36.1 Å². The lowest BCUT2D eigenvalue weighted by Gasteiger charge is -2.31. The maximum Gasteiger partial charge on any atom is 0.337 e. The molecule has 1 unspecified atom stereocenters. The second-order valence-corrected chi connectivity index (χ2v) is 7.69. The Hall–Kier alpha value is -3.48. The molecule has 0 saturated carbocycles. The Balaban J connectivity index is 1.97. The number of esters is 1. The molecule has 1 aliphatic rings. The molecule has 0 fully saturated rings. The molecular formula is C24H28N2O5. The van der Waals surface area contributed by atoms with Gasteiger partial charge in [0, 0.05) is 5.70 Å². The van der Waals surface area contributed by atoms with Crippen LogP contribution in [-0.4, -0.2) is 26.2 Å². The predicted octanol–water partition coefficient (Wildman–Crippen LogP) is 4.02. The Kier molecular flexibility index (Phi) is 6.84. The molecule has 0 radical (unpaired) electrons. The number of allylic oxidation sites excluding steroid dienone is 1. The van der Waals surface area contributed by atoms with Crippen molar-refractivity contribution in [3.05, 3.63) is 70.4 Å². The summed E-state index contributed by atoms with van der Waals surface area (Å²) in [6.45, 7) is 6.20. The molecule has 164 valence electrons. The maximum atomic E-state index is 12.6. The highest BCUT2D eigenvalue weighted by Crippen LogP contribution is 2.36. The van der Waals surface area contributed by atoms with Crippen LogP contribution in [0.3, 0.4) is 0 Å². The van der Waals surface area contributed by atoms with Gasteiger partial charge in [-0.1, -0.05) is 49.7 Å². The minimum absolute atomic E-state index is 0.0712. The van der Waals surface area contributed by atoms with Crippen LogP contribution in [0.2, 0.25) is 0 Å². The number of carbonyl (C=O) groups is 2. The standard InChI is InChI=1S/C24H28N2O5/c1-14(2)21-20(23(27)30-5)22(26-24(28)25-21)17-10-11-18(29-4)19(12-17)31-13-16-8-6-15(3)7-9-16/h6-12,14,22H,13H2,1-5H3,(H2,25,26,28). The zero-order chi connectivity index (χ0) is 22.5. The second kappa shape index (κ2) is 9.55. The minimum Gasteiger partial charge on any atom is -0.493 e. The van der Waals surface area contributed by atoms with Gasteiger partial charge in [-0.2, -0.15) is 0 Å². The quantitative estimate of drug-likeness (QED) is 0.656. The second-order valence-electron chi connectivity index (χ2n) is 7.69. The van der Waals surface area contributed by atoms with E-state index in [1.165, 1.54) is 12.7 Å². The minimum atomic E-state index is -0.675. The number of aryl methyl sites for hydroxylation is 1. The highest BCUT2D eigenvalue weighted by molar-refractivity contribution is 5.95. The first-order chi connectivity index (χ1) is 14.8. The van der Waals surface area contributed by atoms with Crippen molar-refractivity contribution in [1.29, 1.82) is 0 Å². The van der Waals surface area contributed by atoms with E-state index in [1.807, 2.05) is 45.0 Å². The third-order valence-electron chi connectivity index (χ3n) is 5.12. The summed E-state index contributed by atoms with van der Waals surface area (Å²) in [4.78, 5) is 24.9. The zero-order valence-electron chi connectivity index (χ0n) is 18.4. The number of methoxy groups -OCH3 is 2. The van der Waals surface area contributed by atoms with Crippen molar-refractivity contribution in [1.82, 2.24) is 10.6 Å². The van der Waals surface area contributed by atoms with Gasteiger partial charge < -0.3 is 24.8 Å². The van der Waals surface area contributed by atoms with Crippen LogP contribution in [0.5, 0.6) is 11.5 Å². The Morgan fingerprint density at radius 3 is 2.39 bits per heavy atom. The molecule has 2 N–H and O–H groups in total. The van der Waals surface area contributed by atoms with Gasteiger partial charge in [0.25, 0.3) is 0 Å². The molecule has 0 spiro atoms. The fourth-order valence-corrected chi connectivity index (χ4v) is 3.46. The fraction of sp³-hybridized carbons (Fsp3) is 0.333. The van der Waals surface area contributed by atoms with Gasteiger partial charge in [-0.25, -0.2) is 9.59 Å². The SMILES string of the molecule is COC(=O)C1=C(C(C)C)NC(=O)NC1c1ccc(OC)c(OCc2ccc(C)cc2)c1. The van der Waals surface area contributed by atoms with Crippen molar-refractivity contribution in [2.75, 3.05) is 14.2 Å². The van der Waals surface area contributed by atoms with Crippen LogP contribution in [0.25, 0.3) is 0 Å². The predicted molar refractivity (Wildman–Crippen MR) is 117 cm³/mol. The van der Waals surface area contributed by atoms with E-state index in [0.717, 1.165) is 5.56 Å². The molecule has 2 aromatic carbocycles. The molecule has 2 aromatic rings. The largest absolute Gasteiger partial charge is 0.493 e. The Morgan fingerprint density at radius 2 is 1.77 bits per heavy atom. The Labute approximate surface area is 182 Å². The number of carbonyl (C=O) groups excluding carboxylic acids is 2. The van der Waals surface area contributed by atoms with Crippen molar-refractivity contribution in [3.63, 3.8) is 0 Å².